The Bertz CT molecular complexity index is 308. The Kier molecular flexibility index (Phi) is 5.09. The van der Waals surface area contributed by atoms with E-state index >= 15 is 0 Å². The van der Waals surface area contributed by atoms with E-state index in [1.807, 2.05) is 0 Å². The first-order valence-corrected chi connectivity index (χ1v) is 7.80. The Hall–Kier alpha value is -0.100. The minimum atomic E-state index is 0.910. The fourth-order valence-corrected chi connectivity index (χ4v) is 3.36. The molecule has 0 aromatic carbocycles. The van der Waals surface area contributed by atoms with Crippen LogP contribution in [0.15, 0.2) is 5.38 Å². The van der Waals surface area contributed by atoms with Crippen molar-refractivity contribution in [2.45, 2.75) is 13.5 Å². The highest BCUT2D eigenvalue weighted by atomic mass is 32.2. The fraction of sp³-hybridized carbons (Fsp3) is 0.727. The Balaban J connectivity index is 1.57. The molecule has 16 heavy (non-hydrogen) atoms. The van der Waals surface area contributed by atoms with Crippen LogP contribution in [0.3, 0.4) is 0 Å². The number of hydrogen-bond donors (Lipinski definition) is 1. The monoisotopic (exact) mass is 257 g/mol. The summed E-state index contributed by atoms with van der Waals surface area (Å²) in [5, 5.41) is 6.75. The molecule has 0 unspecified atom stereocenters. The second kappa shape index (κ2) is 6.59. The van der Waals surface area contributed by atoms with Crippen LogP contribution in [0.4, 0.5) is 0 Å². The van der Waals surface area contributed by atoms with Gasteiger partial charge in [0.1, 0.15) is 0 Å². The maximum Gasteiger partial charge on any atom is 0.0897 e. The van der Waals surface area contributed by atoms with Gasteiger partial charge in [0.15, 0.2) is 0 Å². The van der Waals surface area contributed by atoms with Gasteiger partial charge in [-0.05, 0) is 6.92 Å². The molecule has 1 N–H and O–H groups in total. The zero-order valence-corrected chi connectivity index (χ0v) is 11.4. The summed E-state index contributed by atoms with van der Waals surface area (Å²) in [4.78, 5) is 6.97. The van der Waals surface area contributed by atoms with Gasteiger partial charge in [-0.3, -0.25) is 0 Å². The maximum absolute atomic E-state index is 4.43. The van der Waals surface area contributed by atoms with Gasteiger partial charge in [-0.25, -0.2) is 4.98 Å². The molecule has 0 amide bonds. The number of aromatic nitrogens is 1. The maximum atomic E-state index is 4.43. The van der Waals surface area contributed by atoms with Crippen LogP contribution in [0, 0.1) is 6.92 Å². The van der Waals surface area contributed by atoms with Crippen molar-refractivity contribution < 1.29 is 0 Å². The third kappa shape index (κ3) is 4.05. The van der Waals surface area contributed by atoms with Gasteiger partial charge < -0.3 is 10.2 Å². The molecule has 2 heterocycles. The average Bonchev–Trinajstić information content (AvgIpc) is 2.72. The Morgan fingerprint density at radius 3 is 2.94 bits per heavy atom. The number of aryl methyl sites for hydroxylation is 1. The van der Waals surface area contributed by atoms with E-state index in [9.17, 15) is 0 Å². The molecule has 1 aromatic heterocycles. The lowest BCUT2D eigenvalue weighted by Gasteiger charge is -2.25. The minimum Gasteiger partial charge on any atom is -0.310 e. The van der Waals surface area contributed by atoms with Crippen molar-refractivity contribution in [2.24, 2.45) is 0 Å². The van der Waals surface area contributed by atoms with Crippen molar-refractivity contribution in [1.29, 1.82) is 0 Å². The van der Waals surface area contributed by atoms with E-state index in [0.29, 0.717) is 0 Å². The lowest BCUT2D eigenvalue weighted by Crippen LogP contribution is -2.37. The molecule has 0 spiro atoms. The number of nitrogens with one attached hydrogen (secondary N) is 1. The molecule has 1 fully saturated rings. The van der Waals surface area contributed by atoms with Crippen LogP contribution in [-0.2, 0) is 6.54 Å². The molecule has 0 atom stereocenters. The van der Waals surface area contributed by atoms with Crippen molar-refractivity contribution in [1.82, 2.24) is 15.2 Å². The lowest BCUT2D eigenvalue weighted by atomic mass is 10.4. The van der Waals surface area contributed by atoms with Crippen molar-refractivity contribution in [3.05, 3.63) is 16.1 Å². The molecule has 3 nitrogen and oxygen atoms in total. The van der Waals surface area contributed by atoms with Crippen molar-refractivity contribution in [3.63, 3.8) is 0 Å². The highest BCUT2D eigenvalue weighted by Crippen LogP contribution is 2.08. The summed E-state index contributed by atoms with van der Waals surface area (Å²) >= 11 is 3.79. The normalized spacial score (nSPS) is 17.8. The zero-order chi connectivity index (χ0) is 11.2. The predicted molar refractivity (Wildman–Crippen MR) is 72.3 cm³/mol. The summed E-state index contributed by atoms with van der Waals surface area (Å²) in [6.07, 6.45) is 0. The van der Waals surface area contributed by atoms with E-state index in [0.717, 1.165) is 18.1 Å². The van der Waals surface area contributed by atoms with Gasteiger partial charge in [0.25, 0.3) is 0 Å². The molecular weight excluding hydrogens is 238 g/mol. The Morgan fingerprint density at radius 2 is 2.25 bits per heavy atom. The first-order valence-electron chi connectivity index (χ1n) is 5.76. The number of rotatable bonds is 5. The molecule has 0 aliphatic carbocycles. The predicted octanol–water partition coefficient (Wildman–Crippen LogP) is 1.59. The van der Waals surface area contributed by atoms with Gasteiger partial charge in [-0.1, -0.05) is 0 Å². The molecular formula is C11H19N3S2. The zero-order valence-electron chi connectivity index (χ0n) is 9.74. The van der Waals surface area contributed by atoms with E-state index in [4.69, 9.17) is 0 Å². The van der Waals surface area contributed by atoms with Crippen LogP contribution in [-0.4, -0.2) is 47.6 Å². The third-order valence-corrected chi connectivity index (χ3v) is 4.45. The van der Waals surface area contributed by atoms with Gasteiger partial charge >= 0.3 is 0 Å². The first kappa shape index (κ1) is 12.4. The van der Waals surface area contributed by atoms with Crippen LogP contribution in [0.2, 0.25) is 0 Å². The lowest BCUT2D eigenvalue weighted by molar-refractivity contribution is 0.301. The van der Waals surface area contributed by atoms with Crippen molar-refractivity contribution in [2.75, 3.05) is 37.7 Å². The van der Waals surface area contributed by atoms with Crippen molar-refractivity contribution >= 4 is 23.1 Å². The fourth-order valence-electron chi connectivity index (χ4n) is 1.77. The quantitative estimate of drug-likeness (QED) is 0.811. The number of thioether (sulfide) groups is 1. The van der Waals surface area contributed by atoms with E-state index in [1.54, 1.807) is 11.3 Å². The highest BCUT2D eigenvalue weighted by molar-refractivity contribution is 7.99. The third-order valence-electron chi connectivity index (χ3n) is 2.68. The standard InChI is InChI=1S/C11H19N3S2/c1-10-13-11(9-16-10)8-12-2-3-14-4-6-15-7-5-14/h9,12H,2-8H2,1H3. The summed E-state index contributed by atoms with van der Waals surface area (Å²) < 4.78 is 0. The van der Waals surface area contributed by atoms with Gasteiger partial charge in [0.2, 0.25) is 0 Å². The van der Waals surface area contributed by atoms with E-state index in [-0.39, 0.29) is 0 Å². The highest BCUT2D eigenvalue weighted by Gasteiger charge is 2.09. The molecule has 1 aliphatic rings. The average molecular weight is 257 g/mol. The molecule has 5 heteroatoms. The van der Waals surface area contributed by atoms with Crippen LogP contribution >= 0.6 is 23.1 Å². The van der Waals surface area contributed by atoms with E-state index < -0.39 is 0 Å². The van der Waals surface area contributed by atoms with Gasteiger partial charge in [0.05, 0.1) is 10.7 Å². The van der Waals surface area contributed by atoms with Gasteiger partial charge in [-0.15, -0.1) is 11.3 Å². The molecule has 0 saturated carbocycles. The molecule has 0 bridgehead atoms. The van der Waals surface area contributed by atoms with Crippen LogP contribution in [0.1, 0.15) is 10.7 Å². The van der Waals surface area contributed by atoms with Crippen LogP contribution in [0.5, 0.6) is 0 Å². The summed E-state index contributed by atoms with van der Waals surface area (Å²) in [6, 6.07) is 0. The topological polar surface area (TPSA) is 28.2 Å². The molecule has 1 aliphatic heterocycles. The van der Waals surface area contributed by atoms with Gasteiger partial charge in [0, 0.05) is 49.6 Å². The second-order valence-corrected chi connectivity index (χ2v) is 6.28. The minimum absolute atomic E-state index is 0.910. The largest absolute Gasteiger partial charge is 0.310 e. The summed E-state index contributed by atoms with van der Waals surface area (Å²) in [7, 11) is 0. The smallest absolute Gasteiger partial charge is 0.0897 e. The SMILES string of the molecule is Cc1nc(CNCCN2CCSCC2)cs1. The summed E-state index contributed by atoms with van der Waals surface area (Å²) in [5.74, 6) is 2.59. The number of nitrogens with zero attached hydrogens (tertiary/aromatic N) is 2. The number of hydrogen-bond acceptors (Lipinski definition) is 5. The summed E-state index contributed by atoms with van der Waals surface area (Å²) in [6.45, 7) is 7.71. The van der Waals surface area contributed by atoms with Crippen molar-refractivity contribution in [3.8, 4) is 0 Å². The second-order valence-electron chi connectivity index (χ2n) is 3.99. The number of thiazole rings is 1. The molecule has 90 valence electrons. The van der Waals surface area contributed by atoms with E-state index in [1.165, 1.54) is 36.8 Å². The van der Waals surface area contributed by atoms with Crippen LogP contribution < -0.4 is 5.32 Å². The molecule has 2 rings (SSSR count). The van der Waals surface area contributed by atoms with Crippen LogP contribution in [0.25, 0.3) is 0 Å². The molecule has 0 radical (unpaired) electrons. The Morgan fingerprint density at radius 1 is 1.44 bits per heavy atom. The molecule has 1 aromatic rings. The summed E-state index contributed by atoms with van der Waals surface area (Å²) in [5.41, 5.74) is 1.18. The molecule has 1 saturated heterocycles. The first-order chi connectivity index (χ1) is 7.84. The van der Waals surface area contributed by atoms with E-state index in [2.05, 4.69) is 39.3 Å². The Labute approximate surface area is 106 Å². The van der Waals surface area contributed by atoms with Gasteiger partial charge in [-0.2, -0.15) is 11.8 Å².